The van der Waals surface area contributed by atoms with E-state index in [2.05, 4.69) is 14.8 Å². The largest absolute Gasteiger partial charge is 0.527 e. The molecule has 2 aromatic carbocycles. The molecule has 0 radical (unpaired) electrons. The van der Waals surface area contributed by atoms with Gasteiger partial charge in [-0.3, -0.25) is 0 Å². The Hall–Kier alpha value is -4.21. The first-order valence-corrected chi connectivity index (χ1v) is 12.3. The van der Waals surface area contributed by atoms with Crippen molar-refractivity contribution in [1.82, 2.24) is 0 Å². The minimum atomic E-state index is -7.58. The summed E-state index contributed by atoms with van der Waals surface area (Å²) >= 11 is 0. The van der Waals surface area contributed by atoms with Crippen molar-refractivity contribution in [2.75, 3.05) is 19.0 Å². The first kappa shape index (κ1) is 43.0. The predicted molar refractivity (Wildman–Crippen MR) is 124 cm³/mol. The number of benzene rings is 2. The summed E-state index contributed by atoms with van der Waals surface area (Å²) < 4.78 is 240. The zero-order chi connectivity index (χ0) is 39.5. The van der Waals surface area contributed by atoms with Gasteiger partial charge >= 0.3 is 61.4 Å². The van der Waals surface area contributed by atoms with Crippen molar-refractivity contribution in [2.24, 2.45) is 0 Å². The first-order valence-electron chi connectivity index (χ1n) is 12.3. The highest BCUT2D eigenvalue weighted by Gasteiger charge is 2.75. The number of alkyl halides is 17. The second kappa shape index (κ2) is 14.8. The van der Waals surface area contributed by atoms with Crippen molar-refractivity contribution < 1.29 is 117 Å². The number of hydrogen-bond acceptors (Lipinski definition) is 10. The van der Waals surface area contributed by atoms with Crippen LogP contribution in [0.2, 0.25) is 0 Å². The fourth-order valence-corrected chi connectivity index (χ4v) is 2.91. The molecule has 0 aliphatic heterocycles. The summed E-state index contributed by atoms with van der Waals surface area (Å²) in [6.45, 7) is -2.62. The van der Waals surface area contributed by atoms with E-state index in [0.29, 0.717) is 5.69 Å². The number of anilines is 1. The van der Waals surface area contributed by atoms with E-state index in [1.807, 2.05) is 4.74 Å². The van der Waals surface area contributed by atoms with Gasteiger partial charge in [0, 0.05) is 12.7 Å². The van der Waals surface area contributed by atoms with Crippen molar-refractivity contribution in [3.63, 3.8) is 0 Å². The van der Waals surface area contributed by atoms with Gasteiger partial charge in [0.2, 0.25) is 0 Å². The Balaban J connectivity index is 2.01. The zero-order valence-electron chi connectivity index (χ0n) is 23.9. The minimum absolute atomic E-state index is 0.0707. The maximum atomic E-state index is 13.8. The summed E-state index contributed by atoms with van der Waals surface area (Å²) in [4.78, 5) is 24.2. The summed E-state index contributed by atoms with van der Waals surface area (Å²) in [6.07, 6.45) is -55.9. The van der Waals surface area contributed by atoms with Gasteiger partial charge < -0.3 is 14.8 Å². The standard InChI is InChI=1S/C24H14F17NO9/c1-42-13-6-8-14(9-7-13)46-16(44)12-4-2-11(3-5-12)15(43)45-10-17(25,26)47-23(38,39)51-24(40,41)50-21(33,34)19(29,30)48-18(27,28)20(31,32)49-22(35,36)37/h2-9,42H,10H2,1H3. The smallest absolute Gasteiger partial charge is 0.453 e. The Morgan fingerprint density at radius 1 is 0.529 bits per heavy atom. The third-order valence-electron chi connectivity index (χ3n) is 5.01. The molecule has 0 aliphatic rings. The zero-order valence-corrected chi connectivity index (χ0v) is 23.9. The molecular formula is C24H14F17NO9. The molecular weight excluding hydrogens is 769 g/mol. The van der Waals surface area contributed by atoms with E-state index < -0.39 is 73.6 Å². The van der Waals surface area contributed by atoms with Crippen LogP contribution in [0.25, 0.3) is 0 Å². The van der Waals surface area contributed by atoms with E-state index in [4.69, 9.17) is 4.74 Å². The fourth-order valence-electron chi connectivity index (χ4n) is 2.91. The van der Waals surface area contributed by atoms with Gasteiger partial charge in [-0.15, -0.1) is 30.7 Å². The predicted octanol–water partition coefficient (Wildman–Crippen LogP) is 7.77. The van der Waals surface area contributed by atoms with Crippen LogP contribution in [0.15, 0.2) is 48.5 Å². The molecule has 27 heteroatoms. The third-order valence-corrected chi connectivity index (χ3v) is 5.01. The topological polar surface area (TPSA) is 111 Å². The molecule has 0 amide bonds. The number of carbonyl (C=O) groups is 2. The minimum Gasteiger partial charge on any atom is -0.453 e. The molecule has 288 valence electrons. The van der Waals surface area contributed by atoms with Crippen LogP contribution in [0.4, 0.5) is 80.3 Å². The van der Waals surface area contributed by atoms with Crippen molar-refractivity contribution >= 4 is 17.6 Å². The summed E-state index contributed by atoms with van der Waals surface area (Å²) in [5.41, 5.74) is -0.236. The number of ether oxygens (including phenoxy) is 7. The molecule has 0 bridgehead atoms. The van der Waals surface area contributed by atoms with Crippen LogP contribution in [-0.4, -0.2) is 75.1 Å². The van der Waals surface area contributed by atoms with Gasteiger partial charge in [0.05, 0.1) is 11.1 Å². The van der Waals surface area contributed by atoms with Crippen LogP contribution >= 0.6 is 0 Å². The van der Waals surface area contributed by atoms with E-state index >= 15 is 0 Å². The van der Waals surface area contributed by atoms with Crippen LogP contribution in [0.1, 0.15) is 20.7 Å². The molecule has 2 aromatic rings. The molecule has 0 aliphatic carbocycles. The van der Waals surface area contributed by atoms with Gasteiger partial charge in [0.15, 0.2) is 6.61 Å². The molecule has 0 fully saturated rings. The number of esters is 2. The van der Waals surface area contributed by atoms with Crippen molar-refractivity contribution in [3.8, 4) is 5.75 Å². The maximum absolute atomic E-state index is 13.8. The molecule has 0 saturated heterocycles. The van der Waals surface area contributed by atoms with E-state index in [1.165, 1.54) is 33.7 Å². The molecule has 51 heavy (non-hydrogen) atoms. The SMILES string of the molecule is CNc1ccc(OC(=O)c2ccc(C(=O)OCC(F)(F)OC(F)(F)OC(F)(F)OC(F)(F)C(F)(F)OC(F)(F)C(F)(F)OC(F)(F)F)cc2)cc1. The molecule has 0 atom stereocenters. The van der Waals surface area contributed by atoms with Gasteiger partial charge in [0.25, 0.3) is 0 Å². The molecule has 0 unspecified atom stereocenters. The molecule has 10 nitrogen and oxygen atoms in total. The normalized spacial score (nSPS) is 13.9. The highest BCUT2D eigenvalue weighted by Crippen LogP contribution is 2.49. The van der Waals surface area contributed by atoms with Gasteiger partial charge in [-0.2, -0.15) is 43.9 Å². The third kappa shape index (κ3) is 12.5. The molecule has 0 saturated carbocycles. The van der Waals surface area contributed by atoms with Crippen LogP contribution in [0.3, 0.4) is 0 Å². The molecule has 0 aromatic heterocycles. The Morgan fingerprint density at radius 3 is 1.39 bits per heavy atom. The Labute approximate surface area is 269 Å². The molecule has 0 heterocycles. The Bertz CT molecular complexity index is 1500. The van der Waals surface area contributed by atoms with Gasteiger partial charge in [-0.05, 0) is 48.5 Å². The highest BCUT2D eigenvalue weighted by molar-refractivity contribution is 5.94. The summed E-state index contributed by atoms with van der Waals surface area (Å²) in [6, 6.07) is 9.17. The summed E-state index contributed by atoms with van der Waals surface area (Å²) in [5, 5.41) is 2.79. The maximum Gasteiger partial charge on any atom is 0.527 e. The first-order chi connectivity index (χ1) is 22.8. The molecule has 1 N–H and O–H groups in total. The van der Waals surface area contributed by atoms with Crippen molar-refractivity contribution in [2.45, 2.75) is 49.5 Å². The fraction of sp³-hybridized carbons (Fsp3) is 0.417. The average Bonchev–Trinajstić information content (AvgIpc) is 2.92. The Morgan fingerprint density at radius 2 is 0.941 bits per heavy atom. The lowest BCUT2D eigenvalue weighted by atomic mass is 10.1. The van der Waals surface area contributed by atoms with E-state index in [1.54, 1.807) is 11.8 Å². The lowest BCUT2D eigenvalue weighted by Gasteiger charge is -2.33. The number of rotatable bonds is 17. The van der Waals surface area contributed by atoms with Crippen LogP contribution in [0, 0.1) is 0 Å². The van der Waals surface area contributed by atoms with Crippen molar-refractivity contribution in [1.29, 1.82) is 0 Å². The second-order valence-electron chi connectivity index (χ2n) is 8.90. The van der Waals surface area contributed by atoms with Crippen LogP contribution in [0.5, 0.6) is 5.75 Å². The van der Waals surface area contributed by atoms with Crippen molar-refractivity contribution in [3.05, 3.63) is 59.7 Å². The number of carbonyl (C=O) groups excluding carboxylic acids is 2. The lowest BCUT2D eigenvalue weighted by Crippen LogP contribution is -2.57. The molecule has 0 spiro atoms. The van der Waals surface area contributed by atoms with Crippen LogP contribution in [-0.2, 0) is 28.4 Å². The summed E-state index contributed by atoms with van der Waals surface area (Å²) in [7, 11) is 1.61. The van der Waals surface area contributed by atoms with E-state index in [0.717, 1.165) is 24.3 Å². The number of halogens is 17. The number of hydrogen-bond donors (Lipinski definition) is 1. The highest BCUT2D eigenvalue weighted by atomic mass is 19.4. The Kier molecular flexibility index (Phi) is 12.5. The molecule has 2 rings (SSSR count). The number of nitrogens with one attached hydrogen (secondary N) is 1. The van der Waals surface area contributed by atoms with E-state index in [9.17, 15) is 84.2 Å². The van der Waals surface area contributed by atoms with Gasteiger partial charge in [-0.25, -0.2) is 33.3 Å². The van der Waals surface area contributed by atoms with E-state index in [-0.39, 0.29) is 11.3 Å². The van der Waals surface area contributed by atoms with Gasteiger partial charge in [0.1, 0.15) is 5.75 Å². The summed E-state index contributed by atoms with van der Waals surface area (Å²) in [5.74, 6) is -2.70. The monoisotopic (exact) mass is 783 g/mol. The average molecular weight is 783 g/mol. The quantitative estimate of drug-likeness (QED) is 0.0740. The lowest BCUT2D eigenvalue weighted by molar-refractivity contribution is -0.606. The van der Waals surface area contributed by atoms with Crippen LogP contribution < -0.4 is 10.1 Å². The second-order valence-corrected chi connectivity index (χ2v) is 8.90. The van der Waals surface area contributed by atoms with Gasteiger partial charge in [-0.1, -0.05) is 0 Å².